The van der Waals surface area contributed by atoms with E-state index in [1.54, 1.807) is 7.05 Å². The molecular weight excluding hydrogens is 316 g/mol. The number of nitrogens with one attached hydrogen (secondary N) is 3. The highest BCUT2D eigenvalue weighted by molar-refractivity contribution is 5.86. The quantitative estimate of drug-likeness (QED) is 0.384. The van der Waals surface area contributed by atoms with Gasteiger partial charge in [0, 0.05) is 26.7 Å². The Morgan fingerprint density at radius 2 is 2.00 bits per heavy atom. The number of carbonyl (C=O) groups is 1. The molecule has 2 rings (SSSR count). The minimum absolute atomic E-state index is 0.0229. The maximum Gasteiger partial charge on any atom is 0.239 e. The number of rotatable bonds is 8. The molecule has 7 nitrogen and oxygen atoms in total. The number of para-hydroxylation sites is 2. The monoisotopic (exact) mass is 344 g/mol. The normalized spacial score (nSPS) is 11.6. The molecule has 0 saturated heterocycles. The minimum Gasteiger partial charge on any atom is -0.356 e. The van der Waals surface area contributed by atoms with E-state index in [1.807, 2.05) is 32.0 Å². The lowest BCUT2D eigenvalue weighted by atomic mass is 10.3. The Hall–Kier alpha value is -2.57. The zero-order valence-electron chi connectivity index (χ0n) is 15.3. The number of fused-ring (bicyclic) bond motifs is 1. The molecule has 0 bridgehead atoms. The van der Waals surface area contributed by atoms with Crippen molar-refractivity contribution in [2.24, 2.45) is 4.99 Å². The first-order valence-electron chi connectivity index (χ1n) is 8.78. The number of benzene rings is 1. The van der Waals surface area contributed by atoms with Crippen molar-refractivity contribution in [1.29, 1.82) is 0 Å². The number of imidazole rings is 1. The molecular formula is C18H28N6O. The van der Waals surface area contributed by atoms with Crippen LogP contribution in [0.1, 0.15) is 25.6 Å². The van der Waals surface area contributed by atoms with Gasteiger partial charge in [0.05, 0.1) is 17.6 Å². The highest BCUT2D eigenvalue weighted by Crippen LogP contribution is 2.15. The zero-order chi connectivity index (χ0) is 18.1. The lowest BCUT2D eigenvalue weighted by Gasteiger charge is -2.12. The van der Waals surface area contributed by atoms with Gasteiger partial charge in [-0.05, 0) is 31.9 Å². The summed E-state index contributed by atoms with van der Waals surface area (Å²) in [4.78, 5) is 20.3. The van der Waals surface area contributed by atoms with Crippen molar-refractivity contribution in [1.82, 2.24) is 25.5 Å². The van der Waals surface area contributed by atoms with E-state index in [0.717, 1.165) is 42.8 Å². The summed E-state index contributed by atoms with van der Waals surface area (Å²) in [6, 6.07) is 8.17. The summed E-state index contributed by atoms with van der Waals surface area (Å²) in [7, 11) is 1.70. The van der Waals surface area contributed by atoms with Crippen LogP contribution in [0.25, 0.3) is 11.0 Å². The second-order valence-corrected chi connectivity index (χ2v) is 5.86. The molecule has 25 heavy (non-hydrogen) atoms. The van der Waals surface area contributed by atoms with Gasteiger partial charge < -0.3 is 20.5 Å². The average molecular weight is 344 g/mol. The molecule has 0 fully saturated rings. The molecule has 136 valence electrons. The molecule has 1 aromatic heterocycles. The van der Waals surface area contributed by atoms with Gasteiger partial charge >= 0.3 is 0 Å². The van der Waals surface area contributed by atoms with Crippen LogP contribution < -0.4 is 16.0 Å². The summed E-state index contributed by atoms with van der Waals surface area (Å²) in [5.74, 6) is 1.64. The fourth-order valence-electron chi connectivity index (χ4n) is 2.63. The van der Waals surface area contributed by atoms with Gasteiger partial charge in [0.1, 0.15) is 5.82 Å². The molecule has 7 heteroatoms. The summed E-state index contributed by atoms with van der Waals surface area (Å²) in [6.07, 6.45) is 1.87. The molecule has 0 radical (unpaired) electrons. The van der Waals surface area contributed by atoms with Gasteiger partial charge in [-0.2, -0.15) is 0 Å². The van der Waals surface area contributed by atoms with Crippen molar-refractivity contribution in [3.63, 3.8) is 0 Å². The summed E-state index contributed by atoms with van der Waals surface area (Å²) in [6.45, 7) is 6.63. The summed E-state index contributed by atoms with van der Waals surface area (Å²) in [5.41, 5.74) is 2.19. The molecule has 3 N–H and O–H groups in total. The molecule has 0 aliphatic rings. The topological polar surface area (TPSA) is 83.3 Å². The number of aryl methyl sites for hydroxylation is 2. The number of aromatic nitrogens is 2. The van der Waals surface area contributed by atoms with Crippen LogP contribution in [0, 0.1) is 6.92 Å². The predicted molar refractivity (Wildman–Crippen MR) is 102 cm³/mol. The Balaban J connectivity index is 1.75. The highest BCUT2D eigenvalue weighted by Gasteiger charge is 2.06. The van der Waals surface area contributed by atoms with E-state index in [0.29, 0.717) is 12.5 Å². The maximum absolute atomic E-state index is 11.6. The Morgan fingerprint density at radius 3 is 2.76 bits per heavy atom. The van der Waals surface area contributed by atoms with E-state index in [2.05, 4.69) is 36.6 Å². The second kappa shape index (κ2) is 9.66. The SMILES string of the molecule is CCCNC(=O)CNC(=NC)NCCCn1c(C)nc2ccccc21. The third kappa shape index (κ3) is 5.48. The Labute approximate surface area is 148 Å². The summed E-state index contributed by atoms with van der Waals surface area (Å²) >= 11 is 0. The van der Waals surface area contributed by atoms with Crippen LogP contribution in [-0.2, 0) is 11.3 Å². The van der Waals surface area contributed by atoms with E-state index in [9.17, 15) is 4.79 Å². The zero-order valence-corrected chi connectivity index (χ0v) is 15.3. The van der Waals surface area contributed by atoms with Crippen molar-refractivity contribution >= 4 is 22.9 Å². The number of carbonyl (C=O) groups excluding carboxylic acids is 1. The molecule has 1 aromatic carbocycles. The van der Waals surface area contributed by atoms with E-state index in [1.165, 1.54) is 0 Å². The number of nitrogens with zero attached hydrogens (tertiary/aromatic N) is 3. The van der Waals surface area contributed by atoms with E-state index in [4.69, 9.17) is 0 Å². The van der Waals surface area contributed by atoms with E-state index >= 15 is 0 Å². The van der Waals surface area contributed by atoms with Crippen molar-refractivity contribution in [2.75, 3.05) is 26.7 Å². The fourth-order valence-corrected chi connectivity index (χ4v) is 2.63. The number of hydrogen-bond donors (Lipinski definition) is 3. The predicted octanol–water partition coefficient (Wildman–Crippen LogP) is 1.43. The number of amides is 1. The van der Waals surface area contributed by atoms with E-state index in [-0.39, 0.29) is 12.5 Å². The highest BCUT2D eigenvalue weighted by atomic mass is 16.1. The average Bonchev–Trinajstić information content (AvgIpc) is 2.94. The number of guanidine groups is 1. The number of aliphatic imine (C=N–C) groups is 1. The smallest absolute Gasteiger partial charge is 0.239 e. The van der Waals surface area contributed by atoms with Crippen molar-refractivity contribution < 1.29 is 4.79 Å². The second-order valence-electron chi connectivity index (χ2n) is 5.86. The first kappa shape index (κ1) is 18.8. The molecule has 0 atom stereocenters. The molecule has 0 unspecified atom stereocenters. The third-order valence-electron chi connectivity index (χ3n) is 3.91. The molecule has 0 aliphatic carbocycles. The van der Waals surface area contributed by atoms with Crippen LogP contribution in [0.5, 0.6) is 0 Å². The first-order chi connectivity index (χ1) is 12.2. The van der Waals surface area contributed by atoms with Gasteiger partial charge in [0.15, 0.2) is 5.96 Å². The standard InChI is InChI=1S/C18H28N6O/c1-4-10-20-17(25)13-22-18(19-3)21-11-7-12-24-14(2)23-15-8-5-6-9-16(15)24/h5-6,8-9H,4,7,10-13H2,1-3H3,(H,20,25)(H2,19,21,22). The first-order valence-corrected chi connectivity index (χ1v) is 8.78. The molecule has 0 spiro atoms. The number of hydrogen-bond acceptors (Lipinski definition) is 3. The molecule has 1 amide bonds. The van der Waals surface area contributed by atoms with Gasteiger partial charge in [-0.3, -0.25) is 9.79 Å². The lowest BCUT2D eigenvalue weighted by Crippen LogP contribution is -2.43. The Kier molecular flexibility index (Phi) is 7.25. The van der Waals surface area contributed by atoms with Crippen LogP contribution >= 0.6 is 0 Å². The van der Waals surface area contributed by atoms with Crippen molar-refractivity contribution in [3.05, 3.63) is 30.1 Å². The molecule has 0 aliphatic heterocycles. The Bertz CT molecular complexity index is 721. The van der Waals surface area contributed by atoms with Gasteiger partial charge in [-0.1, -0.05) is 19.1 Å². The van der Waals surface area contributed by atoms with Crippen molar-refractivity contribution in [3.8, 4) is 0 Å². The van der Waals surface area contributed by atoms with Gasteiger partial charge in [0.25, 0.3) is 0 Å². The maximum atomic E-state index is 11.6. The van der Waals surface area contributed by atoms with Gasteiger partial charge in [-0.25, -0.2) is 4.98 Å². The third-order valence-corrected chi connectivity index (χ3v) is 3.91. The van der Waals surface area contributed by atoms with Crippen LogP contribution in [0.3, 0.4) is 0 Å². The van der Waals surface area contributed by atoms with Crippen LogP contribution in [-0.4, -0.2) is 48.1 Å². The van der Waals surface area contributed by atoms with Gasteiger partial charge in [0.2, 0.25) is 5.91 Å². The largest absolute Gasteiger partial charge is 0.356 e. The van der Waals surface area contributed by atoms with E-state index < -0.39 is 0 Å². The summed E-state index contributed by atoms with van der Waals surface area (Å²) < 4.78 is 2.23. The molecule has 1 heterocycles. The van der Waals surface area contributed by atoms with Crippen LogP contribution in [0.15, 0.2) is 29.3 Å². The van der Waals surface area contributed by atoms with Crippen molar-refractivity contribution in [2.45, 2.75) is 33.2 Å². The fraction of sp³-hybridized carbons (Fsp3) is 0.500. The lowest BCUT2D eigenvalue weighted by molar-refractivity contribution is -0.120. The van der Waals surface area contributed by atoms with Crippen LogP contribution in [0.4, 0.5) is 0 Å². The minimum atomic E-state index is -0.0229. The Morgan fingerprint density at radius 1 is 1.20 bits per heavy atom. The van der Waals surface area contributed by atoms with Crippen LogP contribution in [0.2, 0.25) is 0 Å². The molecule has 2 aromatic rings. The molecule has 0 saturated carbocycles. The summed E-state index contributed by atoms with van der Waals surface area (Å²) in [5, 5.41) is 9.08. The van der Waals surface area contributed by atoms with Gasteiger partial charge in [-0.15, -0.1) is 0 Å².